The number of carboxylic acids is 1. The SMILES string of the molecule is O=C(O)[C@H]1CCCCN1C(=O)c1cc(Br)ccc1Br. The summed E-state index contributed by atoms with van der Waals surface area (Å²) < 4.78 is 1.47. The van der Waals surface area contributed by atoms with Gasteiger partial charge in [0.1, 0.15) is 6.04 Å². The molecule has 1 heterocycles. The summed E-state index contributed by atoms with van der Waals surface area (Å²) >= 11 is 6.66. The van der Waals surface area contributed by atoms with Crippen LogP contribution < -0.4 is 0 Å². The van der Waals surface area contributed by atoms with E-state index in [1.165, 1.54) is 4.90 Å². The molecular weight excluding hydrogens is 378 g/mol. The van der Waals surface area contributed by atoms with E-state index < -0.39 is 12.0 Å². The molecule has 0 aromatic heterocycles. The normalized spacial score (nSPS) is 19.3. The van der Waals surface area contributed by atoms with Gasteiger partial charge in [0.25, 0.3) is 5.91 Å². The van der Waals surface area contributed by atoms with Gasteiger partial charge >= 0.3 is 5.97 Å². The highest BCUT2D eigenvalue weighted by atomic mass is 79.9. The number of aliphatic carboxylic acids is 1. The molecule has 1 N–H and O–H groups in total. The number of hydrogen-bond acceptors (Lipinski definition) is 2. The monoisotopic (exact) mass is 389 g/mol. The first-order valence-corrected chi connectivity index (χ1v) is 7.58. The van der Waals surface area contributed by atoms with Crippen molar-refractivity contribution in [3.63, 3.8) is 0 Å². The minimum absolute atomic E-state index is 0.236. The first kappa shape index (κ1) is 14.5. The van der Waals surface area contributed by atoms with Crippen LogP contribution in [0.2, 0.25) is 0 Å². The molecule has 1 atom stereocenters. The van der Waals surface area contributed by atoms with E-state index in [0.29, 0.717) is 23.0 Å². The van der Waals surface area contributed by atoms with Gasteiger partial charge in [0.2, 0.25) is 0 Å². The number of benzene rings is 1. The van der Waals surface area contributed by atoms with E-state index in [1.807, 2.05) is 6.07 Å². The van der Waals surface area contributed by atoms with Crippen molar-refractivity contribution in [3.05, 3.63) is 32.7 Å². The predicted molar refractivity (Wildman–Crippen MR) is 78.2 cm³/mol. The Morgan fingerprint density at radius 1 is 1.26 bits per heavy atom. The van der Waals surface area contributed by atoms with Crippen LogP contribution in [0.5, 0.6) is 0 Å². The molecule has 102 valence electrons. The number of rotatable bonds is 2. The first-order chi connectivity index (χ1) is 9.00. The van der Waals surface area contributed by atoms with Crippen molar-refractivity contribution in [1.29, 1.82) is 0 Å². The lowest BCUT2D eigenvalue weighted by Crippen LogP contribution is -2.48. The summed E-state index contributed by atoms with van der Waals surface area (Å²) in [4.78, 5) is 25.2. The fourth-order valence-corrected chi connectivity index (χ4v) is 3.02. The maximum absolute atomic E-state index is 12.5. The fourth-order valence-electron chi connectivity index (χ4n) is 2.25. The second-order valence-corrected chi connectivity index (χ2v) is 6.24. The van der Waals surface area contributed by atoms with Crippen LogP contribution in [0.3, 0.4) is 0 Å². The van der Waals surface area contributed by atoms with Crippen molar-refractivity contribution in [3.8, 4) is 0 Å². The number of carbonyl (C=O) groups excluding carboxylic acids is 1. The molecule has 0 saturated carbocycles. The Hall–Kier alpha value is -0.880. The van der Waals surface area contributed by atoms with E-state index in [1.54, 1.807) is 12.1 Å². The van der Waals surface area contributed by atoms with Gasteiger partial charge in [0.05, 0.1) is 5.56 Å². The van der Waals surface area contributed by atoms with E-state index in [9.17, 15) is 14.7 Å². The minimum atomic E-state index is -0.931. The second kappa shape index (κ2) is 6.05. The Kier molecular flexibility index (Phi) is 4.62. The highest BCUT2D eigenvalue weighted by Crippen LogP contribution is 2.26. The number of likely N-dealkylation sites (tertiary alicyclic amines) is 1. The molecule has 4 nitrogen and oxygen atoms in total. The zero-order valence-corrected chi connectivity index (χ0v) is 13.3. The maximum Gasteiger partial charge on any atom is 0.326 e. The van der Waals surface area contributed by atoms with Gasteiger partial charge in [-0.2, -0.15) is 0 Å². The highest BCUT2D eigenvalue weighted by molar-refractivity contribution is 9.11. The quantitative estimate of drug-likeness (QED) is 0.842. The maximum atomic E-state index is 12.5. The Labute approximate surface area is 128 Å². The lowest BCUT2D eigenvalue weighted by molar-refractivity contribution is -0.143. The third-order valence-electron chi connectivity index (χ3n) is 3.21. The van der Waals surface area contributed by atoms with Gasteiger partial charge in [0.15, 0.2) is 0 Å². The lowest BCUT2D eigenvalue weighted by atomic mass is 10.0. The van der Waals surface area contributed by atoms with E-state index in [-0.39, 0.29) is 5.91 Å². The molecule has 0 unspecified atom stereocenters. The Bertz CT molecular complexity index is 519. The Balaban J connectivity index is 2.31. The van der Waals surface area contributed by atoms with E-state index in [2.05, 4.69) is 31.9 Å². The molecule has 1 amide bonds. The van der Waals surface area contributed by atoms with E-state index in [0.717, 1.165) is 17.3 Å². The summed E-state index contributed by atoms with van der Waals surface area (Å²) in [5.41, 5.74) is 0.488. The Morgan fingerprint density at radius 3 is 2.68 bits per heavy atom. The van der Waals surface area contributed by atoms with Crippen molar-refractivity contribution >= 4 is 43.7 Å². The third-order valence-corrected chi connectivity index (χ3v) is 4.39. The standard InChI is InChI=1S/C13H13Br2NO3/c14-8-4-5-10(15)9(7-8)12(17)16-6-2-1-3-11(16)13(18)19/h4-5,7,11H,1-3,6H2,(H,18,19)/t11-/m1/s1. The van der Waals surface area contributed by atoms with E-state index >= 15 is 0 Å². The molecule has 6 heteroatoms. The summed E-state index contributed by atoms with van der Waals surface area (Å²) in [7, 11) is 0. The summed E-state index contributed by atoms with van der Waals surface area (Å²) in [6.07, 6.45) is 2.22. The summed E-state index contributed by atoms with van der Waals surface area (Å²) in [5.74, 6) is -1.17. The zero-order valence-electron chi connectivity index (χ0n) is 10.1. The van der Waals surface area contributed by atoms with Gasteiger partial charge in [-0.05, 0) is 53.4 Å². The van der Waals surface area contributed by atoms with Crippen LogP contribution in [0.1, 0.15) is 29.6 Å². The van der Waals surface area contributed by atoms with Gasteiger partial charge in [0, 0.05) is 15.5 Å². The van der Waals surface area contributed by atoms with Crippen LogP contribution in [-0.2, 0) is 4.79 Å². The van der Waals surface area contributed by atoms with Crippen molar-refractivity contribution in [2.45, 2.75) is 25.3 Å². The van der Waals surface area contributed by atoms with Crippen molar-refractivity contribution in [2.24, 2.45) is 0 Å². The number of piperidine rings is 1. The number of carboxylic acid groups (broad SMARTS) is 1. The highest BCUT2D eigenvalue weighted by Gasteiger charge is 2.33. The van der Waals surface area contributed by atoms with Gasteiger partial charge in [-0.1, -0.05) is 15.9 Å². The van der Waals surface area contributed by atoms with Crippen LogP contribution in [0.4, 0.5) is 0 Å². The summed E-state index contributed by atoms with van der Waals surface area (Å²) in [5, 5.41) is 9.21. The molecule has 1 fully saturated rings. The average Bonchev–Trinajstić information content (AvgIpc) is 2.40. The number of hydrogen-bond donors (Lipinski definition) is 1. The van der Waals surface area contributed by atoms with Crippen molar-refractivity contribution < 1.29 is 14.7 Å². The second-order valence-electron chi connectivity index (χ2n) is 4.47. The van der Waals surface area contributed by atoms with Gasteiger partial charge in [-0.3, -0.25) is 4.79 Å². The molecule has 1 aromatic rings. The molecule has 19 heavy (non-hydrogen) atoms. The molecule has 1 aromatic carbocycles. The summed E-state index contributed by atoms with van der Waals surface area (Å²) in [6, 6.07) is 4.59. The van der Waals surface area contributed by atoms with Crippen LogP contribution in [0.25, 0.3) is 0 Å². The molecule has 1 saturated heterocycles. The largest absolute Gasteiger partial charge is 0.480 e. The molecule has 1 aliphatic heterocycles. The average molecular weight is 391 g/mol. The number of nitrogens with zero attached hydrogens (tertiary/aromatic N) is 1. The van der Waals surface area contributed by atoms with Crippen LogP contribution in [0.15, 0.2) is 27.1 Å². The predicted octanol–water partition coefficient (Wildman–Crippen LogP) is 3.29. The molecule has 0 radical (unpaired) electrons. The van der Waals surface area contributed by atoms with Crippen LogP contribution in [0, 0.1) is 0 Å². The topological polar surface area (TPSA) is 57.6 Å². The zero-order chi connectivity index (χ0) is 14.0. The first-order valence-electron chi connectivity index (χ1n) is 5.99. The van der Waals surface area contributed by atoms with Gasteiger partial charge < -0.3 is 10.0 Å². The molecule has 0 spiro atoms. The fraction of sp³-hybridized carbons (Fsp3) is 0.385. The number of carbonyl (C=O) groups is 2. The molecule has 0 aliphatic carbocycles. The lowest BCUT2D eigenvalue weighted by Gasteiger charge is -2.33. The van der Waals surface area contributed by atoms with E-state index in [4.69, 9.17) is 0 Å². The Morgan fingerprint density at radius 2 is 2.00 bits per heavy atom. The number of amides is 1. The minimum Gasteiger partial charge on any atom is -0.480 e. The summed E-state index contributed by atoms with van der Waals surface area (Å²) in [6.45, 7) is 0.495. The van der Waals surface area contributed by atoms with Gasteiger partial charge in [-0.25, -0.2) is 4.79 Å². The van der Waals surface area contributed by atoms with Gasteiger partial charge in [-0.15, -0.1) is 0 Å². The smallest absolute Gasteiger partial charge is 0.326 e. The van der Waals surface area contributed by atoms with Crippen LogP contribution >= 0.6 is 31.9 Å². The molecule has 1 aliphatic rings. The molecule has 2 rings (SSSR count). The number of halogens is 2. The third kappa shape index (κ3) is 3.17. The van der Waals surface area contributed by atoms with Crippen molar-refractivity contribution in [1.82, 2.24) is 4.90 Å². The molecular formula is C13H13Br2NO3. The molecule has 0 bridgehead atoms. The van der Waals surface area contributed by atoms with Crippen molar-refractivity contribution in [2.75, 3.05) is 6.54 Å². The van der Waals surface area contributed by atoms with Crippen LogP contribution in [-0.4, -0.2) is 34.5 Å².